The van der Waals surface area contributed by atoms with E-state index >= 15 is 0 Å². The van der Waals surface area contributed by atoms with Crippen molar-refractivity contribution in [3.8, 4) is 17.2 Å². The molecule has 0 saturated carbocycles. The largest absolute Gasteiger partial charge is 0.497 e. The molecule has 1 fully saturated rings. The molecule has 0 aliphatic carbocycles. The number of carbonyl (C=O) groups excluding carboxylic acids is 3. The third-order valence-corrected chi connectivity index (χ3v) is 6.25. The van der Waals surface area contributed by atoms with E-state index in [0.29, 0.717) is 26.9 Å². The van der Waals surface area contributed by atoms with Crippen LogP contribution in [0.15, 0.2) is 60.2 Å². The summed E-state index contributed by atoms with van der Waals surface area (Å²) in [6, 6.07) is 13.5. The molecule has 0 radical (unpaired) electrons. The molecule has 0 aromatic heterocycles. The van der Waals surface area contributed by atoms with Crippen molar-refractivity contribution in [1.29, 1.82) is 0 Å². The number of hydrogen-bond acceptors (Lipinski definition) is 6. The van der Waals surface area contributed by atoms with E-state index in [-0.39, 0.29) is 34.4 Å². The molecule has 4 amide bonds. The number of nitrogens with one attached hydrogen (secondary N) is 1. The Morgan fingerprint density at radius 3 is 2.27 bits per heavy atom. The molecule has 1 heterocycles. The standard InChI is InChI=1S/C26H19Cl3N2O6/c1-35-18-7-5-17(6-8-18)31-25(33)19(24(32)30-26(31)34)9-14-10-21(29)23(22(11-14)36-2)37-13-15-3-4-16(27)12-20(15)28/h3-12H,13H2,1-2H3,(H,30,32,34)/b19-9+. The molecular formula is C26H19Cl3N2O6. The first kappa shape index (κ1) is 26.3. The molecule has 3 aromatic rings. The van der Waals surface area contributed by atoms with Crippen LogP contribution in [-0.2, 0) is 16.2 Å². The molecule has 1 aliphatic rings. The van der Waals surface area contributed by atoms with Gasteiger partial charge in [0, 0.05) is 15.6 Å². The molecule has 1 N–H and O–H groups in total. The maximum Gasteiger partial charge on any atom is 0.335 e. The van der Waals surface area contributed by atoms with Gasteiger partial charge in [-0.15, -0.1) is 0 Å². The number of hydrogen-bond donors (Lipinski definition) is 1. The van der Waals surface area contributed by atoms with Crippen molar-refractivity contribution in [3.05, 3.63) is 86.4 Å². The van der Waals surface area contributed by atoms with Crippen molar-refractivity contribution >= 4 is 64.4 Å². The van der Waals surface area contributed by atoms with Crippen LogP contribution in [0.2, 0.25) is 15.1 Å². The van der Waals surface area contributed by atoms with E-state index < -0.39 is 17.8 Å². The summed E-state index contributed by atoms with van der Waals surface area (Å²) in [6.45, 7) is 0.0896. The van der Waals surface area contributed by atoms with Gasteiger partial charge in [0.2, 0.25) is 0 Å². The average Bonchev–Trinajstić information content (AvgIpc) is 2.87. The van der Waals surface area contributed by atoms with Gasteiger partial charge < -0.3 is 14.2 Å². The Labute approximate surface area is 227 Å². The van der Waals surface area contributed by atoms with E-state index in [1.807, 2.05) is 0 Å². The predicted molar refractivity (Wildman–Crippen MR) is 141 cm³/mol. The molecule has 37 heavy (non-hydrogen) atoms. The molecule has 0 spiro atoms. The van der Waals surface area contributed by atoms with E-state index in [1.54, 1.807) is 36.4 Å². The molecule has 0 bridgehead atoms. The smallest absolute Gasteiger partial charge is 0.335 e. The Balaban J connectivity index is 1.63. The Bertz CT molecular complexity index is 1420. The number of amides is 4. The summed E-state index contributed by atoms with van der Waals surface area (Å²) >= 11 is 18.6. The fraction of sp³-hybridized carbons (Fsp3) is 0.115. The number of halogens is 3. The number of ether oxygens (including phenoxy) is 3. The van der Waals surface area contributed by atoms with Gasteiger partial charge in [0.1, 0.15) is 17.9 Å². The van der Waals surface area contributed by atoms with Crippen LogP contribution < -0.4 is 24.4 Å². The van der Waals surface area contributed by atoms with Gasteiger partial charge in [0.25, 0.3) is 11.8 Å². The molecule has 1 aliphatic heterocycles. The predicted octanol–water partition coefficient (Wildman–Crippen LogP) is 5.91. The van der Waals surface area contributed by atoms with Crippen LogP contribution in [-0.4, -0.2) is 32.1 Å². The van der Waals surface area contributed by atoms with Crippen molar-refractivity contribution in [1.82, 2.24) is 5.32 Å². The summed E-state index contributed by atoms with van der Waals surface area (Å²) in [5.74, 6) is -0.593. The van der Waals surface area contributed by atoms with Crippen LogP contribution in [0, 0.1) is 0 Å². The first-order valence-electron chi connectivity index (χ1n) is 10.7. The zero-order chi connectivity index (χ0) is 26.7. The minimum atomic E-state index is -0.863. The lowest BCUT2D eigenvalue weighted by atomic mass is 10.1. The summed E-state index contributed by atoms with van der Waals surface area (Å²) in [5, 5.41) is 3.27. The highest BCUT2D eigenvalue weighted by Gasteiger charge is 2.37. The topological polar surface area (TPSA) is 94.2 Å². The van der Waals surface area contributed by atoms with Crippen molar-refractivity contribution in [3.63, 3.8) is 0 Å². The van der Waals surface area contributed by atoms with Gasteiger partial charge in [-0.2, -0.15) is 0 Å². The van der Waals surface area contributed by atoms with E-state index in [1.165, 1.54) is 38.5 Å². The lowest BCUT2D eigenvalue weighted by Gasteiger charge is -2.26. The Hall–Kier alpha value is -3.72. The molecular weight excluding hydrogens is 543 g/mol. The second-order valence-corrected chi connectivity index (χ2v) is 8.97. The summed E-state index contributed by atoms with van der Waals surface area (Å²) in [5.41, 5.74) is 1.06. The highest BCUT2D eigenvalue weighted by Crippen LogP contribution is 2.38. The monoisotopic (exact) mass is 560 g/mol. The quantitative estimate of drug-likeness (QED) is 0.285. The van der Waals surface area contributed by atoms with E-state index in [0.717, 1.165) is 4.90 Å². The second kappa shape index (κ2) is 11.1. The summed E-state index contributed by atoms with van der Waals surface area (Å²) in [7, 11) is 2.92. The van der Waals surface area contributed by atoms with Crippen molar-refractivity contribution in [2.45, 2.75) is 6.61 Å². The number of benzene rings is 3. The normalized spacial score (nSPS) is 14.6. The first-order chi connectivity index (χ1) is 17.7. The number of carbonyl (C=O) groups is 3. The molecule has 4 rings (SSSR count). The van der Waals surface area contributed by atoms with Gasteiger partial charge in [-0.3, -0.25) is 14.9 Å². The first-order valence-corrected chi connectivity index (χ1v) is 11.8. The zero-order valence-corrected chi connectivity index (χ0v) is 21.8. The number of methoxy groups -OCH3 is 2. The summed E-state index contributed by atoms with van der Waals surface area (Å²) in [6.07, 6.45) is 1.31. The molecule has 1 saturated heterocycles. The maximum absolute atomic E-state index is 13.2. The van der Waals surface area contributed by atoms with Crippen LogP contribution in [0.25, 0.3) is 6.08 Å². The average molecular weight is 562 g/mol. The number of barbiturate groups is 1. The maximum atomic E-state index is 13.2. The van der Waals surface area contributed by atoms with Gasteiger partial charge in [0.15, 0.2) is 11.5 Å². The van der Waals surface area contributed by atoms with Crippen molar-refractivity contribution in [2.75, 3.05) is 19.1 Å². The molecule has 0 atom stereocenters. The Morgan fingerprint density at radius 1 is 0.892 bits per heavy atom. The summed E-state index contributed by atoms with van der Waals surface area (Å²) < 4.78 is 16.4. The van der Waals surface area contributed by atoms with Crippen molar-refractivity contribution < 1.29 is 28.6 Å². The highest BCUT2D eigenvalue weighted by atomic mass is 35.5. The molecule has 3 aromatic carbocycles. The number of urea groups is 1. The van der Waals surface area contributed by atoms with Gasteiger partial charge in [-0.25, -0.2) is 9.69 Å². The Morgan fingerprint density at radius 2 is 1.62 bits per heavy atom. The fourth-order valence-corrected chi connectivity index (χ4v) is 4.28. The van der Waals surface area contributed by atoms with Gasteiger partial charge >= 0.3 is 6.03 Å². The van der Waals surface area contributed by atoms with Gasteiger partial charge in [-0.05, 0) is 60.2 Å². The zero-order valence-electron chi connectivity index (χ0n) is 19.5. The lowest BCUT2D eigenvalue weighted by molar-refractivity contribution is -0.122. The van der Waals surface area contributed by atoms with Crippen LogP contribution in [0.4, 0.5) is 10.5 Å². The molecule has 11 heteroatoms. The number of rotatable bonds is 7. The minimum Gasteiger partial charge on any atom is -0.497 e. The number of nitrogens with zero attached hydrogens (tertiary/aromatic N) is 1. The fourth-order valence-electron chi connectivity index (χ4n) is 3.54. The molecule has 0 unspecified atom stereocenters. The van der Waals surface area contributed by atoms with E-state index in [4.69, 9.17) is 49.0 Å². The van der Waals surface area contributed by atoms with Crippen LogP contribution in [0.1, 0.15) is 11.1 Å². The van der Waals surface area contributed by atoms with Gasteiger partial charge in [-0.1, -0.05) is 40.9 Å². The molecule has 8 nitrogen and oxygen atoms in total. The third-order valence-electron chi connectivity index (χ3n) is 5.38. The molecule has 190 valence electrons. The third kappa shape index (κ3) is 5.67. The van der Waals surface area contributed by atoms with Crippen molar-refractivity contribution in [2.24, 2.45) is 0 Å². The highest BCUT2D eigenvalue weighted by molar-refractivity contribution is 6.39. The minimum absolute atomic E-state index is 0.0896. The van der Waals surface area contributed by atoms with Crippen LogP contribution >= 0.6 is 34.8 Å². The van der Waals surface area contributed by atoms with Crippen LogP contribution in [0.5, 0.6) is 17.2 Å². The van der Waals surface area contributed by atoms with E-state index in [9.17, 15) is 14.4 Å². The number of imide groups is 2. The van der Waals surface area contributed by atoms with Gasteiger partial charge in [0.05, 0.1) is 24.9 Å². The lowest BCUT2D eigenvalue weighted by Crippen LogP contribution is -2.54. The Kier molecular flexibility index (Phi) is 7.92. The SMILES string of the molecule is COc1ccc(N2C(=O)NC(=O)/C(=C\c3cc(Cl)c(OCc4ccc(Cl)cc4Cl)c(OC)c3)C2=O)cc1. The van der Waals surface area contributed by atoms with Crippen LogP contribution in [0.3, 0.4) is 0 Å². The number of anilines is 1. The van der Waals surface area contributed by atoms with E-state index in [2.05, 4.69) is 5.32 Å². The second-order valence-electron chi connectivity index (χ2n) is 7.71. The summed E-state index contributed by atoms with van der Waals surface area (Å²) in [4.78, 5) is 39.0.